The molecule has 1 nitrogen and oxygen atoms in total. The van der Waals surface area contributed by atoms with Gasteiger partial charge in [-0.25, -0.2) is 0 Å². The fraction of sp³-hybridized carbons (Fsp3) is 1.00. The van der Waals surface area contributed by atoms with E-state index >= 15 is 0 Å². The molecule has 2 bridgehead atoms. The molecule has 14 heavy (non-hydrogen) atoms. The summed E-state index contributed by atoms with van der Waals surface area (Å²) in [4.78, 5) is 0. The fourth-order valence-electron chi connectivity index (χ4n) is 3.92. The Morgan fingerprint density at radius 2 is 2.07 bits per heavy atom. The highest BCUT2D eigenvalue weighted by molar-refractivity contribution is 5.01. The summed E-state index contributed by atoms with van der Waals surface area (Å²) in [6, 6.07) is 0. The van der Waals surface area contributed by atoms with Gasteiger partial charge in [0.1, 0.15) is 0 Å². The molecule has 2 fully saturated rings. The molecule has 1 N–H and O–H groups in total. The third kappa shape index (κ3) is 1.50. The number of hydrogen-bond acceptors (Lipinski definition) is 1. The summed E-state index contributed by atoms with van der Waals surface area (Å²) in [5.41, 5.74) is 0.499. The number of aliphatic hydroxyl groups excluding tert-OH is 1. The molecule has 0 heterocycles. The molecule has 4 unspecified atom stereocenters. The van der Waals surface area contributed by atoms with Gasteiger partial charge in [0.15, 0.2) is 0 Å². The van der Waals surface area contributed by atoms with Crippen molar-refractivity contribution in [1.82, 2.24) is 0 Å². The summed E-state index contributed by atoms with van der Waals surface area (Å²) in [5, 5.41) is 9.78. The Morgan fingerprint density at radius 1 is 1.36 bits per heavy atom. The van der Waals surface area contributed by atoms with Crippen LogP contribution in [0.4, 0.5) is 0 Å². The molecule has 0 aromatic rings. The maximum Gasteiger partial charge on any atom is 0.0540 e. The van der Waals surface area contributed by atoms with E-state index in [0.29, 0.717) is 5.41 Å². The minimum absolute atomic E-state index is 0.0568. The maximum absolute atomic E-state index is 9.78. The van der Waals surface area contributed by atoms with E-state index in [9.17, 15) is 5.11 Å². The summed E-state index contributed by atoms with van der Waals surface area (Å²) in [7, 11) is 0. The molecule has 0 aliphatic heterocycles. The Bertz CT molecular complexity index is 209. The second kappa shape index (κ2) is 3.52. The number of rotatable bonds is 3. The number of aliphatic hydroxyl groups is 1. The van der Waals surface area contributed by atoms with Gasteiger partial charge in [-0.2, -0.15) is 0 Å². The largest absolute Gasteiger partial charge is 0.393 e. The zero-order valence-corrected chi connectivity index (χ0v) is 9.79. The Morgan fingerprint density at radius 3 is 2.57 bits per heavy atom. The molecule has 0 radical (unpaired) electrons. The van der Waals surface area contributed by atoms with E-state index in [-0.39, 0.29) is 6.10 Å². The van der Waals surface area contributed by atoms with Gasteiger partial charge in [0.25, 0.3) is 0 Å². The van der Waals surface area contributed by atoms with E-state index in [4.69, 9.17) is 0 Å². The van der Waals surface area contributed by atoms with Crippen LogP contribution in [-0.4, -0.2) is 11.2 Å². The Labute approximate surface area is 87.9 Å². The zero-order valence-electron chi connectivity index (χ0n) is 9.79. The van der Waals surface area contributed by atoms with Gasteiger partial charge < -0.3 is 5.11 Å². The molecule has 82 valence electrons. The maximum atomic E-state index is 9.78. The van der Waals surface area contributed by atoms with Crippen LogP contribution >= 0.6 is 0 Å². The van der Waals surface area contributed by atoms with E-state index in [1.165, 1.54) is 19.3 Å². The molecule has 4 atom stereocenters. The molecule has 1 heteroatoms. The van der Waals surface area contributed by atoms with Gasteiger partial charge >= 0.3 is 0 Å². The quantitative estimate of drug-likeness (QED) is 0.735. The third-order valence-corrected chi connectivity index (χ3v) is 5.05. The summed E-state index contributed by atoms with van der Waals surface area (Å²) in [6.45, 7) is 6.93. The molecule has 2 rings (SSSR count). The number of hydrogen-bond donors (Lipinski definition) is 1. The average molecular weight is 196 g/mol. The fourth-order valence-corrected chi connectivity index (χ4v) is 3.92. The molecule has 0 amide bonds. The molecular formula is C13H24O. The Hall–Kier alpha value is -0.0400. The highest BCUT2D eigenvalue weighted by Gasteiger charge is 2.52. The van der Waals surface area contributed by atoms with Crippen molar-refractivity contribution in [2.45, 2.75) is 59.0 Å². The van der Waals surface area contributed by atoms with Gasteiger partial charge in [0.05, 0.1) is 6.10 Å². The minimum atomic E-state index is -0.0568. The van der Waals surface area contributed by atoms with Crippen LogP contribution in [0.5, 0.6) is 0 Å². The predicted octanol–water partition coefficient (Wildman–Crippen LogP) is 3.22. The topological polar surface area (TPSA) is 20.2 Å². The van der Waals surface area contributed by atoms with Crippen LogP contribution in [0.2, 0.25) is 0 Å². The van der Waals surface area contributed by atoms with Gasteiger partial charge in [-0.3, -0.25) is 0 Å². The Kier molecular flexibility index (Phi) is 2.63. The molecule has 0 aromatic heterocycles. The van der Waals surface area contributed by atoms with Crippen LogP contribution in [0.3, 0.4) is 0 Å². The van der Waals surface area contributed by atoms with Crippen molar-refractivity contribution >= 4 is 0 Å². The van der Waals surface area contributed by atoms with Crippen LogP contribution in [0.25, 0.3) is 0 Å². The van der Waals surface area contributed by atoms with Crippen LogP contribution in [0.15, 0.2) is 0 Å². The molecule has 0 spiro atoms. The zero-order chi connectivity index (χ0) is 10.3. The minimum Gasteiger partial charge on any atom is -0.393 e. The highest BCUT2D eigenvalue weighted by atomic mass is 16.3. The lowest BCUT2D eigenvalue weighted by Gasteiger charge is -2.39. The molecule has 0 aromatic carbocycles. The van der Waals surface area contributed by atoms with E-state index in [2.05, 4.69) is 20.8 Å². The van der Waals surface area contributed by atoms with Crippen LogP contribution in [0, 0.1) is 23.2 Å². The van der Waals surface area contributed by atoms with Gasteiger partial charge in [-0.1, -0.05) is 20.8 Å². The monoisotopic (exact) mass is 196 g/mol. The molecular weight excluding hydrogens is 172 g/mol. The molecule has 2 saturated carbocycles. The summed E-state index contributed by atoms with van der Waals surface area (Å²) >= 11 is 0. The van der Waals surface area contributed by atoms with Gasteiger partial charge in [0.2, 0.25) is 0 Å². The second-order valence-corrected chi connectivity index (χ2v) is 6.00. The van der Waals surface area contributed by atoms with Crippen LogP contribution in [0.1, 0.15) is 52.9 Å². The third-order valence-electron chi connectivity index (χ3n) is 5.05. The van der Waals surface area contributed by atoms with Crippen molar-refractivity contribution in [1.29, 1.82) is 0 Å². The molecule has 0 saturated heterocycles. The van der Waals surface area contributed by atoms with Gasteiger partial charge in [-0.15, -0.1) is 0 Å². The standard InChI is InChI=1S/C13H24O/c1-4-11(14)8-12-9-5-6-10(7-9)13(12,2)3/h9-12,14H,4-8H2,1-3H3. The van der Waals surface area contributed by atoms with E-state index in [0.717, 1.165) is 30.6 Å². The summed E-state index contributed by atoms with van der Waals surface area (Å²) in [5.74, 6) is 2.66. The summed E-state index contributed by atoms with van der Waals surface area (Å²) in [6.07, 6.45) is 6.22. The second-order valence-electron chi connectivity index (χ2n) is 6.00. The van der Waals surface area contributed by atoms with Gasteiger partial charge in [0, 0.05) is 0 Å². The van der Waals surface area contributed by atoms with E-state index < -0.39 is 0 Å². The first kappa shape index (κ1) is 10.5. The lowest BCUT2D eigenvalue weighted by Crippen LogP contribution is -2.33. The van der Waals surface area contributed by atoms with Crippen molar-refractivity contribution in [2.24, 2.45) is 23.2 Å². The molecule has 2 aliphatic rings. The summed E-state index contributed by atoms with van der Waals surface area (Å²) < 4.78 is 0. The first-order valence-corrected chi connectivity index (χ1v) is 6.23. The highest BCUT2D eigenvalue weighted by Crippen LogP contribution is 2.60. The van der Waals surface area contributed by atoms with Crippen LogP contribution in [-0.2, 0) is 0 Å². The average Bonchev–Trinajstić information content (AvgIpc) is 2.68. The van der Waals surface area contributed by atoms with Crippen molar-refractivity contribution in [3.05, 3.63) is 0 Å². The first-order chi connectivity index (χ1) is 6.55. The lowest BCUT2D eigenvalue weighted by molar-refractivity contribution is 0.0552. The predicted molar refractivity (Wildman–Crippen MR) is 59.0 cm³/mol. The molecule has 2 aliphatic carbocycles. The number of fused-ring (bicyclic) bond motifs is 2. The SMILES string of the molecule is CCC(O)CC1C2CCC(C2)C1(C)C. The Balaban J connectivity index is 2.04. The lowest BCUT2D eigenvalue weighted by atomic mass is 9.67. The normalized spacial score (nSPS) is 41.6. The van der Waals surface area contributed by atoms with Crippen molar-refractivity contribution in [3.63, 3.8) is 0 Å². The van der Waals surface area contributed by atoms with Crippen molar-refractivity contribution in [3.8, 4) is 0 Å². The first-order valence-electron chi connectivity index (χ1n) is 6.23. The van der Waals surface area contributed by atoms with Crippen molar-refractivity contribution < 1.29 is 5.11 Å². The van der Waals surface area contributed by atoms with Gasteiger partial charge in [-0.05, 0) is 55.3 Å². The smallest absolute Gasteiger partial charge is 0.0540 e. The van der Waals surface area contributed by atoms with Crippen LogP contribution < -0.4 is 0 Å². The van der Waals surface area contributed by atoms with Crippen molar-refractivity contribution in [2.75, 3.05) is 0 Å². The van der Waals surface area contributed by atoms with E-state index in [1.807, 2.05) is 0 Å². The van der Waals surface area contributed by atoms with E-state index in [1.54, 1.807) is 0 Å².